The number of nitrogens with one attached hydrogen (secondary N) is 2. The molecule has 5 heteroatoms. The number of hydrogen-bond acceptors (Lipinski definition) is 5. The van der Waals surface area contributed by atoms with Gasteiger partial charge in [0.2, 0.25) is 5.95 Å². The van der Waals surface area contributed by atoms with Crippen LogP contribution in [0.15, 0.2) is 6.20 Å². The standard InChI is InChI=1S/C13H21N5/c1-9-7-15-13(14-2)17-12(9)16-10-5-6-18(8-10)11-3-4-11/h7,10-11H,3-6,8H2,1-2H3,(H2,14,15,16,17). The summed E-state index contributed by atoms with van der Waals surface area (Å²) in [5.74, 6) is 1.65. The minimum absolute atomic E-state index is 0.531. The number of aromatic nitrogens is 2. The van der Waals surface area contributed by atoms with Crippen LogP contribution >= 0.6 is 0 Å². The molecular formula is C13H21N5. The summed E-state index contributed by atoms with van der Waals surface area (Å²) in [6.07, 6.45) is 5.87. The Labute approximate surface area is 108 Å². The van der Waals surface area contributed by atoms with Crippen molar-refractivity contribution in [2.45, 2.75) is 38.3 Å². The first-order chi connectivity index (χ1) is 8.76. The summed E-state index contributed by atoms with van der Waals surface area (Å²) in [5, 5.41) is 6.55. The molecule has 1 aromatic heterocycles. The molecular weight excluding hydrogens is 226 g/mol. The van der Waals surface area contributed by atoms with Crippen LogP contribution in [0.1, 0.15) is 24.8 Å². The lowest BCUT2D eigenvalue weighted by Gasteiger charge is -2.17. The fourth-order valence-electron chi connectivity index (χ4n) is 2.58. The van der Waals surface area contributed by atoms with Crippen molar-refractivity contribution in [2.75, 3.05) is 30.8 Å². The number of nitrogens with zero attached hydrogens (tertiary/aromatic N) is 3. The van der Waals surface area contributed by atoms with Crippen LogP contribution in [0.2, 0.25) is 0 Å². The van der Waals surface area contributed by atoms with Gasteiger partial charge in [0.1, 0.15) is 5.82 Å². The van der Waals surface area contributed by atoms with Crippen LogP contribution in [0.5, 0.6) is 0 Å². The van der Waals surface area contributed by atoms with Crippen molar-refractivity contribution in [3.8, 4) is 0 Å². The van der Waals surface area contributed by atoms with Gasteiger partial charge in [0.25, 0.3) is 0 Å². The van der Waals surface area contributed by atoms with E-state index in [9.17, 15) is 0 Å². The quantitative estimate of drug-likeness (QED) is 0.844. The normalized spacial score (nSPS) is 24.2. The van der Waals surface area contributed by atoms with Gasteiger partial charge in [-0.05, 0) is 26.2 Å². The lowest BCUT2D eigenvalue weighted by molar-refractivity contribution is 0.326. The van der Waals surface area contributed by atoms with Gasteiger partial charge in [0.15, 0.2) is 0 Å². The van der Waals surface area contributed by atoms with Gasteiger partial charge in [-0.3, -0.25) is 4.90 Å². The lowest BCUT2D eigenvalue weighted by Crippen LogP contribution is -2.28. The predicted octanol–water partition coefficient (Wildman–Crippen LogP) is 1.48. The third-order valence-corrected chi connectivity index (χ3v) is 3.82. The summed E-state index contributed by atoms with van der Waals surface area (Å²) in [5.41, 5.74) is 1.11. The number of rotatable bonds is 4. The van der Waals surface area contributed by atoms with E-state index in [1.54, 1.807) is 0 Å². The van der Waals surface area contributed by atoms with Gasteiger partial charge in [-0.1, -0.05) is 0 Å². The van der Waals surface area contributed by atoms with Gasteiger partial charge in [-0.2, -0.15) is 4.98 Å². The highest BCUT2D eigenvalue weighted by Crippen LogP contribution is 2.30. The van der Waals surface area contributed by atoms with E-state index in [2.05, 4.69) is 32.4 Å². The molecule has 2 N–H and O–H groups in total. The number of aryl methyl sites for hydroxylation is 1. The van der Waals surface area contributed by atoms with Crippen molar-refractivity contribution >= 4 is 11.8 Å². The minimum Gasteiger partial charge on any atom is -0.366 e. The zero-order valence-electron chi connectivity index (χ0n) is 11.1. The van der Waals surface area contributed by atoms with Gasteiger partial charge >= 0.3 is 0 Å². The average Bonchev–Trinajstić information content (AvgIpc) is 3.13. The highest BCUT2D eigenvalue weighted by Gasteiger charge is 2.34. The highest BCUT2D eigenvalue weighted by atomic mass is 15.2. The first kappa shape index (κ1) is 11.7. The van der Waals surface area contributed by atoms with E-state index in [4.69, 9.17) is 0 Å². The maximum Gasteiger partial charge on any atom is 0.224 e. The summed E-state index contributed by atoms with van der Waals surface area (Å²) >= 11 is 0. The Hall–Kier alpha value is -1.36. The lowest BCUT2D eigenvalue weighted by atomic mass is 10.2. The second kappa shape index (κ2) is 4.72. The molecule has 2 aliphatic rings. The maximum atomic E-state index is 4.49. The molecule has 1 atom stereocenters. The van der Waals surface area contributed by atoms with Gasteiger partial charge in [0, 0.05) is 44.0 Å². The molecule has 0 spiro atoms. The zero-order valence-corrected chi connectivity index (χ0v) is 11.1. The molecule has 2 fully saturated rings. The van der Waals surface area contributed by atoms with Crippen LogP contribution < -0.4 is 10.6 Å². The molecule has 1 saturated carbocycles. The van der Waals surface area contributed by atoms with E-state index in [1.165, 1.54) is 25.8 Å². The molecule has 1 unspecified atom stereocenters. The van der Waals surface area contributed by atoms with Crippen molar-refractivity contribution < 1.29 is 0 Å². The first-order valence-corrected chi connectivity index (χ1v) is 6.78. The Morgan fingerprint density at radius 2 is 2.17 bits per heavy atom. The van der Waals surface area contributed by atoms with Crippen molar-refractivity contribution in [3.63, 3.8) is 0 Å². The third kappa shape index (κ3) is 2.41. The van der Waals surface area contributed by atoms with Crippen LogP contribution in [-0.2, 0) is 0 Å². The third-order valence-electron chi connectivity index (χ3n) is 3.82. The smallest absolute Gasteiger partial charge is 0.224 e. The van der Waals surface area contributed by atoms with E-state index in [0.717, 1.165) is 24.0 Å². The first-order valence-electron chi connectivity index (χ1n) is 6.78. The minimum atomic E-state index is 0.531. The highest BCUT2D eigenvalue weighted by molar-refractivity contribution is 5.47. The fraction of sp³-hybridized carbons (Fsp3) is 0.692. The Balaban J connectivity index is 1.65. The Kier molecular flexibility index (Phi) is 3.07. The summed E-state index contributed by atoms with van der Waals surface area (Å²) in [6, 6.07) is 1.40. The van der Waals surface area contributed by atoms with E-state index in [1.807, 2.05) is 13.2 Å². The zero-order chi connectivity index (χ0) is 12.5. The molecule has 1 saturated heterocycles. The largest absolute Gasteiger partial charge is 0.366 e. The molecule has 3 rings (SSSR count). The Morgan fingerprint density at radius 3 is 2.89 bits per heavy atom. The molecule has 0 bridgehead atoms. The van der Waals surface area contributed by atoms with E-state index < -0.39 is 0 Å². The van der Waals surface area contributed by atoms with Crippen LogP contribution in [0, 0.1) is 6.92 Å². The van der Waals surface area contributed by atoms with Crippen molar-refractivity contribution in [3.05, 3.63) is 11.8 Å². The van der Waals surface area contributed by atoms with Crippen molar-refractivity contribution in [2.24, 2.45) is 0 Å². The predicted molar refractivity (Wildman–Crippen MR) is 72.9 cm³/mol. The van der Waals surface area contributed by atoms with Crippen molar-refractivity contribution in [1.82, 2.24) is 14.9 Å². The summed E-state index contributed by atoms with van der Waals surface area (Å²) in [7, 11) is 1.85. The molecule has 0 aromatic carbocycles. The molecule has 18 heavy (non-hydrogen) atoms. The van der Waals surface area contributed by atoms with Crippen LogP contribution in [0.4, 0.5) is 11.8 Å². The Bertz CT molecular complexity index is 429. The van der Waals surface area contributed by atoms with Gasteiger partial charge in [0.05, 0.1) is 0 Å². The molecule has 1 aromatic rings. The van der Waals surface area contributed by atoms with E-state index in [-0.39, 0.29) is 0 Å². The molecule has 0 radical (unpaired) electrons. The van der Waals surface area contributed by atoms with E-state index in [0.29, 0.717) is 12.0 Å². The monoisotopic (exact) mass is 247 g/mol. The molecule has 5 nitrogen and oxygen atoms in total. The van der Waals surface area contributed by atoms with Crippen molar-refractivity contribution in [1.29, 1.82) is 0 Å². The topological polar surface area (TPSA) is 53.1 Å². The molecule has 1 aliphatic carbocycles. The number of likely N-dealkylation sites (tertiary alicyclic amines) is 1. The van der Waals surface area contributed by atoms with Gasteiger partial charge in [-0.25, -0.2) is 4.98 Å². The number of hydrogen-bond donors (Lipinski definition) is 2. The van der Waals surface area contributed by atoms with Gasteiger partial charge in [-0.15, -0.1) is 0 Å². The average molecular weight is 247 g/mol. The summed E-state index contributed by atoms with van der Waals surface area (Å²) in [6.45, 7) is 4.43. The SMILES string of the molecule is CNc1ncc(C)c(NC2CCN(C3CC3)C2)n1. The van der Waals surface area contributed by atoms with Gasteiger partial charge < -0.3 is 10.6 Å². The molecule has 2 heterocycles. The van der Waals surface area contributed by atoms with Crippen LogP contribution in [0.3, 0.4) is 0 Å². The molecule has 0 amide bonds. The Morgan fingerprint density at radius 1 is 1.33 bits per heavy atom. The van der Waals surface area contributed by atoms with Crippen LogP contribution in [0.25, 0.3) is 0 Å². The van der Waals surface area contributed by atoms with Crippen LogP contribution in [-0.4, -0.2) is 47.1 Å². The maximum absolute atomic E-state index is 4.49. The van der Waals surface area contributed by atoms with E-state index >= 15 is 0 Å². The summed E-state index contributed by atoms with van der Waals surface area (Å²) in [4.78, 5) is 11.3. The molecule has 1 aliphatic heterocycles. The second-order valence-electron chi connectivity index (χ2n) is 5.33. The molecule has 98 valence electrons. The fourth-order valence-corrected chi connectivity index (χ4v) is 2.58. The second-order valence-corrected chi connectivity index (χ2v) is 5.33. The summed E-state index contributed by atoms with van der Waals surface area (Å²) < 4.78 is 0. The number of anilines is 2.